The fourth-order valence-electron chi connectivity index (χ4n) is 4.02. The van der Waals surface area contributed by atoms with E-state index in [2.05, 4.69) is 58.4 Å². The van der Waals surface area contributed by atoms with Crippen molar-refractivity contribution in [3.8, 4) is 11.4 Å². The van der Waals surface area contributed by atoms with Crippen LogP contribution in [0.4, 0.5) is 5.69 Å². The fraction of sp³-hybridized carbons (Fsp3) is 0.423. The molecule has 1 aliphatic rings. The van der Waals surface area contributed by atoms with Gasteiger partial charge in [-0.25, -0.2) is 0 Å². The number of ether oxygens (including phenoxy) is 1. The maximum Gasteiger partial charge on any atom is 0.233 e. The van der Waals surface area contributed by atoms with Gasteiger partial charge in [0.05, 0.1) is 11.9 Å². The van der Waals surface area contributed by atoms with Crippen molar-refractivity contribution < 1.29 is 9.53 Å². The van der Waals surface area contributed by atoms with E-state index in [4.69, 9.17) is 4.74 Å². The molecule has 1 fully saturated rings. The first-order valence-corrected chi connectivity index (χ1v) is 12.6. The van der Waals surface area contributed by atoms with Crippen LogP contribution in [0.2, 0.25) is 0 Å². The van der Waals surface area contributed by atoms with Gasteiger partial charge in [0, 0.05) is 52.1 Å². The molecule has 1 atom stereocenters. The zero-order valence-electron chi connectivity index (χ0n) is 20.4. The summed E-state index contributed by atoms with van der Waals surface area (Å²) in [6.45, 7) is 4.02. The van der Waals surface area contributed by atoms with E-state index >= 15 is 0 Å². The van der Waals surface area contributed by atoms with E-state index < -0.39 is 0 Å². The normalized spacial score (nSPS) is 15.5. The molecule has 1 saturated heterocycles. The number of anilines is 1. The second kappa shape index (κ2) is 11.1. The first-order chi connectivity index (χ1) is 16.4. The van der Waals surface area contributed by atoms with Crippen LogP contribution >= 0.6 is 11.8 Å². The van der Waals surface area contributed by atoms with Crippen LogP contribution in [0.15, 0.2) is 53.7 Å². The van der Waals surface area contributed by atoms with Crippen molar-refractivity contribution in [3.63, 3.8) is 0 Å². The molecule has 1 aliphatic heterocycles. The fourth-order valence-corrected chi connectivity index (χ4v) is 4.83. The molecule has 0 bridgehead atoms. The Kier molecular flexibility index (Phi) is 7.90. The summed E-state index contributed by atoms with van der Waals surface area (Å²) in [5.41, 5.74) is 4.47. The Morgan fingerprint density at radius 1 is 1.12 bits per heavy atom. The Balaban J connectivity index is 1.43. The van der Waals surface area contributed by atoms with Crippen molar-refractivity contribution in [2.24, 2.45) is 7.05 Å². The Morgan fingerprint density at radius 3 is 2.50 bits per heavy atom. The number of rotatable bonds is 9. The molecule has 1 aromatic heterocycles. The van der Waals surface area contributed by atoms with Gasteiger partial charge in [0.25, 0.3) is 0 Å². The molecular formula is C26H33N5O2S. The zero-order valence-corrected chi connectivity index (χ0v) is 21.2. The minimum Gasteiger partial charge on any atom is -0.378 e. The summed E-state index contributed by atoms with van der Waals surface area (Å²) in [6.07, 6.45) is 2.16. The van der Waals surface area contributed by atoms with E-state index in [1.54, 1.807) is 0 Å². The SMILES string of the molecule is Cc1ccc(-c2nnc(SCC(=O)N(Cc3ccc(N(C)C)cc3)C[C@@H]3CCCO3)n2C)cc1. The molecule has 2 heterocycles. The van der Waals surface area contributed by atoms with Crippen LogP contribution in [0.3, 0.4) is 0 Å². The Hall–Kier alpha value is -2.84. The number of thioether (sulfide) groups is 1. The van der Waals surface area contributed by atoms with E-state index in [1.807, 2.05) is 42.7 Å². The van der Waals surface area contributed by atoms with E-state index in [0.29, 0.717) is 18.8 Å². The third-order valence-electron chi connectivity index (χ3n) is 6.10. The lowest BCUT2D eigenvalue weighted by atomic mass is 10.1. The second-order valence-corrected chi connectivity index (χ2v) is 9.93. The van der Waals surface area contributed by atoms with Gasteiger partial charge < -0.3 is 19.1 Å². The summed E-state index contributed by atoms with van der Waals surface area (Å²) in [5, 5.41) is 9.42. The molecule has 180 valence electrons. The number of aromatic nitrogens is 3. The summed E-state index contributed by atoms with van der Waals surface area (Å²) in [6, 6.07) is 16.6. The third kappa shape index (κ3) is 5.98. The highest BCUT2D eigenvalue weighted by atomic mass is 32.2. The van der Waals surface area contributed by atoms with Gasteiger partial charge in [-0.05, 0) is 37.5 Å². The molecule has 4 rings (SSSR count). The van der Waals surface area contributed by atoms with Gasteiger partial charge in [0.15, 0.2) is 11.0 Å². The number of benzene rings is 2. The molecular weight excluding hydrogens is 446 g/mol. The molecule has 7 nitrogen and oxygen atoms in total. The molecule has 2 aromatic carbocycles. The molecule has 0 aliphatic carbocycles. The lowest BCUT2D eigenvalue weighted by Crippen LogP contribution is -2.38. The van der Waals surface area contributed by atoms with Crippen molar-refractivity contribution in [2.45, 2.75) is 37.6 Å². The summed E-state index contributed by atoms with van der Waals surface area (Å²) in [5.74, 6) is 1.19. The highest BCUT2D eigenvalue weighted by Crippen LogP contribution is 2.24. The number of carbonyl (C=O) groups excluding carboxylic acids is 1. The van der Waals surface area contributed by atoms with Gasteiger partial charge in [0.2, 0.25) is 5.91 Å². The Labute approximate surface area is 206 Å². The Morgan fingerprint density at radius 2 is 1.85 bits per heavy atom. The van der Waals surface area contributed by atoms with E-state index in [0.717, 1.165) is 47.2 Å². The van der Waals surface area contributed by atoms with Crippen molar-refractivity contribution in [1.29, 1.82) is 0 Å². The first-order valence-electron chi connectivity index (χ1n) is 11.7. The van der Waals surface area contributed by atoms with Crippen molar-refractivity contribution in [1.82, 2.24) is 19.7 Å². The molecule has 8 heteroatoms. The number of aryl methyl sites for hydroxylation is 1. The van der Waals surface area contributed by atoms with Crippen molar-refractivity contribution in [3.05, 3.63) is 59.7 Å². The highest BCUT2D eigenvalue weighted by molar-refractivity contribution is 7.99. The lowest BCUT2D eigenvalue weighted by molar-refractivity contribution is -0.130. The predicted molar refractivity (Wildman–Crippen MR) is 137 cm³/mol. The molecule has 34 heavy (non-hydrogen) atoms. The molecule has 1 amide bonds. The number of hydrogen-bond acceptors (Lipinski definition) is 6. The Bertz CT molecular complexity index is 1090. The molecule has 0 unspecified atom stereocenters. The van der Waals surface area contributed by atoms with Crippen LogP contribution in [-0.4, -0.2) is 64.7 Å². The lowest BCUT2D eigenvalue weighted by Gasteiger charge is -2.26. The third-order valence-corrected chi connectivity index (χ3v) is 7.10. The number of nitrogens with zero attached hydrogens (tertiary/aromatic N) is 5. The minimum absolute atomic E-state index is 0.0806. The topological polar surface area (TPSA) is 63.5 Å². The largest absolute Gasteiger partial charge is 0.378 e. The van der Waals surface area contributed by atoms with Crippen molar-refractivity contribution in [2.75, 3.05) is 37.9 Å². The monoisotopic (exact) mass is 479 g/mol. The van der Waals surface area contributed by atoms with Crippen molar-refractivity contribution >= 4 is 23.4 Å². The van der Waals surface area contributed by atoms with Gasteiger partial charge in [-0.15, -0.1) is 10.2 Å². The average Bonchev–Trinajstić information content (AvgIpc) is 3.47. The molecule has 3 aromatic rings. The maximum absolute atomic E-state index is 13.3. The van der Waals surface area contributed by atoms with Gasteiger partial charge in [-0.2, -0.15) is 0 Å². The van der Waals surface area contributed by atoms with Crippen LogP contribution in [0.25, 0.3) is 11.4 Å². The van der Waals surface area contributed by atoms with Crippen LogP contribution in [0.5, 0.6) is 0 Å². The van der Waals surface area contributed by atoms with Crippen LogP contribution in [-0.2, 0) is 23.1 Å². The molecule has 0 N–H and O–H groups in total. The zero-order chi connectivity index (χ0) is 24.1. The first kappa shape index (κ1) is 24.3. The van der Waals surface area contributed by atoms with Gasteiger partial charge in [-0.1, -0.05) is 53.7 Å². The van der Waals surface area contributed by atoms with E-state index in [9.17, 15) is 4.79 Å². The predicted octanol–water partition coefficient (Wildman–Crippen LogP) is 4.16. The summed E-state index contributed by atoms with van der Waals surface area (Å²) in [4.78, 5) is 17.3. The standard InChI is InChI=1S/C26H33N5O2S/c1-19-7-11-21(12-8-19)25-27-28-26(30(25)4)34-18-24(32)31(17-23-6-5-15-33-23)16-20-9-13-22(14-10-20)29(2)3/h7-14,23H,5-6,15-18H2,1-4H3/t23-/m0/s1. The number of amides is 1. The van der Waals surface area contributed by atoms with Crippen LogP contribution < -0.4 is 4.90 Å². The highest BCUT2D eigenvalue weighted by Gasteiger charge is 2.23. The second-order valence-electron chi connectivity index (χ2n) is 8.99. The van der Waals surface area contributed by atoms with Crippen LogP contribution in [0.1, 0.15) is 24.0 Å². The van der Waals surface area contributed by atoms with Crippen LogP contribution in [0, 0.1) is 6.92 Å². The summed E-state index contributed by atoms with van der Waals surface area (Å²) >= 11 is 1.43. The van der Waals surface area contributed by atoms with E-state index in [1.165, 1.54) is 17.3 Å². The quantitative estimate of drug-likeness (QED) is 0.430. The molecule has 0 spiro atoms. The number of hydrogen-bond donors (Lipinski definition) is 0. The van der Waals surface area contributed by atoms with E-state index in [-0.39, 0.29) is 12.0 Å². The van der Waals surface area contributed by atoms with Gasteiger partial charge in [-0.3, -0.25) is 4.79 Å². The average molecular weight is 480 g/mol. The summed E-state index contributed by atoms with van der Waals surface area (Å²) < 4.78 is 7.78. The molecule has 0 saturated carbocycles. The maximum atomic E-state index is 13.3. The van der Waals surface area contributed by atoms with Gasteiger partial charge >= 0.3 is 0 Å². The van der Waals surface area contributed by atoms with Gasteiger partial charge in [0.1, 0.15) is 0 Å². The smallest absolute Gasteiger partial charge is 0.233 e. The molecule has 0 radical (unpaired) electrons. The minimum atomic E-state index is 0.0806. The summed E-state index contributed by atoms with van der Waals surface area (Å²) in [7, 11) is 5.99. The number of carbonyl (C=O) groups is 1.